The van der Waals surface area contributed by atoms with Crippen LogP contribution in [0.25, 0.3) is 0 Å². The minimum atomic E-state index is -3.43. The van der Waals surface area contributed by atoms with Crippen molar-refractivity contribution in [3.8, 4) is 0 Å². The summed E-state index contributed by atoms with van der Waals surface area (Å²) >= 11 is 0. The van der Waals surface area contributed by atoms with Crippen molar-refractivity contribution in [3.05, 3.63) is 12.2 Å². The maximum absolute atomic E-state index is 11.5. The first-order valence-electron chi connectivity index (χ1n) is 10.8. The molecule has 158 valence electrons. The van der Waals surface area contributed by atoms with Gasteiger partial charge >= 0.3 is 29.6 Å². The van der Waals surface area contributed by atoms with E-state index in [0.29, 0.717) is 0 Å². The van der Waals surface area contributed by atoms with Crippen LogP contribution in [0.4, 0.5) is 0 Å². The van der Waals surface area contributed by atoms with E-state index in [-0.39, 0.29) is 49.4 Å². The third kappa shape index (κ3) is 22.8. The van der Waals surface area contributed by atoms with E-state index in [2.05, 4.69) is 19.1 Å². The van der Waals surface area contributed by atoms with Gasteiger partial charge < -0.3 is 7.16 Å². The molecule has 0 fully saturated rings. The van der Waals surface area contributed by atoms with Crippen LogP contribution in [0.15, 0.2) is 12.2 Å². The second kappa shape index (κ2) is 21.3. The van der Waals surface area contributed by atoms with Gasteiger partial charge in [0, 0.05) is 6.54 Å². The molecular formula is C21H44NNaO3S. The predicted octanol–water partition coefficient (Wildman–Crippen LogP) is 2.83. The molecule has 0 aliphatic heterocycles. The standard InChI is InChI=1S/C21H43NO3S.Na.H/c1-3-4-5-6-7-8-9-10-11-12-13-14-15-16-17-18-21(2)25-26(23,24)20-19-22;;/h10-11,21H,3-9,12-20,22H2,1-2H3;;/q;+1;-1/b11-10-;;. The summed E-state index contributed by atoms with van der Waals surface area (Å²) in [5.74, 6) is -0.0935. The predicted molar refractivity (Wildman–Crippen MR) is 114 cm³/mol. The smallest absolute Gasteiger partial charge is 1.00 e. The summed E-state index contributed by atoms with van der Waals surface area (Å²) in [6.45, 7) is 4.19. The van der Waals surface area contributed by atoms with Crippen molar-refractivity contribution in [3.63, 3.8) is 0 Å². The summed E-state index contributed by atoms with van der Waals surface area (Å²) in [4.78, 5) is 0. The van der Waals surface area contributed by atoms with Gasteiger partial charge in [0.05, 0.1) is 11.9 Å². The molecule has 2 N–H and O–H groups in total. The Morgan fingerprint density at radius 3 is 1.89 bits per heavy atom. The summed E-state index contributed by atoms with van der Waals surface area (Å²) < 4.78 is 28.1. The Balaban J connectivity index is -0.00000312. The Kier molecular flexibility index (Phi) is 23.5. The molecule has 0 saturated carbocycles. The second-order valence-electron chi connectivity index (χ2n) is 7.33. The number of allylic oxidation sites excluding steroid dienone is 2. The van der Waals surface area contributed by atoms with Crippen molar-refractivity contribution in [2.75, 3.05) is 12.3 Å². The molecule has 0 aromatic rings. The molecule has 1 unspecified atom stereocenters. The molecule has 27 heavy (non-hydrogen) atoms. The quantitative estimate of drug-likeness (QED) is 0.153. The monoisotopic (exact) mass is 413 g/mol. The summed E-state index contributed by atoms with van der Waals surface area (Å²) in [5, 5.41) is 0. The van der Waals surface area contributed by atoms with E-state index in [0.717, 1.165) is 19.3 Å². The Morgan fingerprint density at radius 2 is 1.37 bits per heavy atom. The van der Waals surface area contributed by atoms with Gasteiger partial charge in [-0.2, -0.15) is 8.42 Å². The number of hydrogen-bond donors (Lipinski definition) is 1. The fourth-order valence-electron chi connectivity index (χ4n) is 2.99. The fraction of sp³-hybridized carbons (Fsp3) is 0.905. The van der Waals surface area contributed by atoms with Gasteiger partial charge in [0.15, 0.2) is 0 Å². The van der Waals surface area contributed by atoms with Crippen molar-refractivity contribution < 1.29 is 43.6 Å². The summed E-state index contributed by atoms with van der Waals surface area (Å²) in [5.41, 5.74) is 5.26. The average Bonchev–Trinajstić information content (AvgIpc) is 2.57. The van der Waals surface area contributed by atoms with Gasteiger partial charge in [0.1, 0.15) is 0 Å². The number of hydrogen-bond acceptors (Lipinski definition) is 4. The summed E-state index contributed by atoms with van der Waals surface area (Å²) in [6.07, 6.45) is 21.8. The maximum Gasteiger partial charge on any atom is 1.00 e. The number of rotatable bonds is 19. The van der Waals surface area contributed by atoms with Crippen LogP contribution in [-0.4, -0.2) is 26.8 Å². The van der Waals surface area contributed by atoms with E-state index in [1.807, 2.05) is 6.92 Å². The second-order valence-corrected chi connectivity index (χ2v) is 9.05. The van der Waals surface area contributed by atoms with Crippen molar-refractivity contribution in [2.45, 2.75) is 110 Å². The minimum absolute atomic E-state index is 0. The normalized spacial score (nSPS) is 13.0. The number of unbranched alkanes of at least 4 members (excludes halogenated alkanes) is 11. The first-order valence-corrected chi connectivity index (χ1v) is 12.4. The van der Waals surface area contributed by atoms with Gasteiger partial charge in [-0.15, -0.1) is 0 Å². The van der Waals surface area contributed by atoms with E-state index < -0.39 is 10.1 Å². The van der Waals surface area contributed by atoms with Crippen molar-refractivity contribution in [1.29, 1.82) is 0 Å². The molecule has 0 bridgehead atoms. The summed E-state index contributed by atoms with van der Waals surface area (Å²) in [7, 11) is -3.43. The fourth-order valence-corrected chi connectivity index (χ4v) is 3.98. The van der Waals surface area contributed by atoms with Gasteiger partial charge in [0.2, 0.25) is 0 Å². The van der Waals surface area contributed by atoms with E-state index in [1.54, 1.807) is 0 Å². The van der Waals surface area contributed by atoms with Crippen LogP contribution < -0.4 is 35.3 Å². The zero-order chi connectivity index (χ0) is 19.5. The van der Waals surface area contributed by atoms with E-state index in [4.69, 9.17) is 9.92 Å². The molecule has 0 aliphatic carbocycles. The van der Waals surface area contributed by atoms with Crippen LogP contribution in [0, 0.1) is 0 Å². The molecule has 0 amide bonds. The molecule has 0 rings (SSSR count). The molecule has 0 spiro atoms. The zero-order valence-electron chi connectivity index (χ0n) is 19.3. The van der Waals surface area contributed by atoms with Crippen LogP contribution >= 0.6 is 0 Å². The first-order chi connectivity index (χ1) is 12.5. The number of nitrogens with two attached hydrogens (primary N) is 1. The Hall–Kier alpha value is 0.610. The molecule has 0 aliphatic rings. The SMILES string of the molecule is CCCCCCCC/C=C\CCCCCCCC(C)OS(=O)(=O)CCN.[H-].[Na+]. The molecule has 0 aromatic heterocycles. The first kappa shape index (κ1) is 29.8. The Morgan fingerprint density at radius 1 is 0.889 bits per heavy atom. The molecule has 6 heteroatoms. The topological polar surface area (TPSA) is 69.4 Å². The molecule has 0 saturated heterocycles. The molecule has 0 heterocycles. The van der Waals surface area contributed by atoms with E-state index >= 15 is 0 Å². The van der Waals surface area contributed by atoms with Gasteiger partial charge in [-0.1, -0.05) is 76.9 Å². The largest absolute Gasteiger partial charge is 1.00 e. The third-order valence-corrected chi connectivity index (χ3v) is 5.91. The molecule has 1 atom stereocenters. The average molecular weight is 414 g/mol. The Labute approximate surface area is 193 Å². The van der Waals surface area contributed by atoms with Crippen LogP contribution in [0.2, 0.25) is 0 Å². The van der Waals surface area contributed by atoms with Gasteiger partial charge in [-0.05, 0) is 39.0 Å². The van der Waals surface area contributed by atoms with E-state index in [1.165, 1.54) is 70.6 Å². The zero-order valence-corrected chi connectivity index (χ0v) is 21.1. The van der Waals surface area contributed by atoms with Gasteiger partial charge in [-0.3, -0.25) is 4.18 Å². The third-order valence-electron chi connectivity index (χ3n) is 4.55. The van der Waals surface area contributed by atoms with Crippen LogP contribution in [0.3, 0.4) is 0 Å². The summed E-state index contributed by atoms with van der Waals surface area (Å²) in [6, 6.07) is 0. The molecule has 0 aromatic carbocycles. The van der Waals surface area contributed by atoms with E-state index in [9.17, 15) is 8.42 Å². The van der Waals surface area contributed by atoms with Crippen LogP contribution in [0.1, 0.15) is 105 Å². The van der Waals surface area contributed by atoms with Gasteiger partial charge in [-0.25, -0.2) is 0 Å². The van der Waals surface area contributed by atoms with Crippen molar-refractivity contribution >= 4 is 10.1 Å². The Bertz CT molecular complexity index is 433. The maximum atomic E-state index is 11.5. The molecule has 4 nitrogen and oxygen atoms in total. The van der Waals surface area contributed by atoms with Crippen molar-refractivity contribution in [1.82, 2.24) is 0 Å². The minimum Gasteiger partial charge on any atom is -1.00 e. The van der Waals surface area contributed by atoms with Gasteiger partial charge in [0.25, 0.3) is 10.1 Å². The van der Waals surface area contributed by atoms with Crippen LogP contribution in [-0.2, 0) is 14.3 Å². The molecule has 0 radical (unpaired) electrons. The molecular weight excluding hydrogens is 369 g/mol. The van der Waals surface area contributed by atoms with Crippen molar-refractivity contribution in [2.24, 2.45) is 5.73 Å². The van der Waals surface area contributed by atoms with Crippen LogP contribution in [0.5, 0.6) is 0 Å².